The molecular weight excluding hydrogens is 294 g/mol. The first-order valence-corrected chi connectivity index (χ1v) is 6.66. The molecule has 1 aromatic heterocycles. The first kappa shape index (κ1) is 13.3. The van der Waals surface area contributed by atoms with Gasteiger partial charge in [-0.15, -0.1) is 0 Å². The lowest BCUT2D eigenvalue weighted by atomic mass is 10.0. The maximum atomic E-state index is 9.17. The number of hydrogen-bond acceptors (Lipinski definition) is 3. The number of aliphatic hydroxyl groups is 1. The molecule has 0 bridgehead atoms. The van der Waals surface area contributed by atoms with E-state index in [1.54, 1.807) is 6.26 Å². The first-order chi connectivity index (χ1) is 8.70. The molecule has 0 amide bonds. The lowest BCUT2D eigenvalue weighted by molar-refractivity contribution is 0.241. The summed E-state index contributed by atoms with van der Waals surface area (Å²) in [6, 6.07) is 11.8. The van der Waals surface area contributed by atoms with Gasteiger partial charge in [-0.1, -0.05) is 28.1 Å². The summed E-state index contributed by atoms with van der Waals surface area (Å²) in [5.41, 5.74) is 1.11. The number of halogens is 1. The number of aliphatic hydroxyl groups excluding tert-OH is 1. The predicted octanol–water partition coefficient (Wildman–Crippen LogP) is 3.10. The van der Waals surface area contributed by atoms with Gasteiger partial charge in [0.2, 0.25) is 0 Å². The van der Waals surface area contributed by atoms with Gasteiger partial charge in [0.15, 0.2) is 0 Å². The Morgan fingerprint density at radius 2 is 2.00 bits per heavy atom. The van der Waals surface area contributed by atoms with Crippen molar-refractivity contribution in [2.45, 2.75) is 19.0 Å². The van der Waals surface area contributed by atoms with Gasteiger partial charge in [0.25, 0.3) is 0 Å². The molecule has 1 unspecified atom stereocenters. The maximum absolute atomic E-state index is 9.17. The molecule has 0 aliphatic rings. The second kappa shape index (κ2) is 6.18. The molecule has 18 heavy (non-hydrogen) atoms. The van der Waals surface area contributed by atoms with E-state index < -0.39 is 0 Å². The van der Waals surface area contributed by atoms with Crippen LogP contribution in [-0.4, -0.2) is 17.8 Å². The first-order valence-electron chi connectivity index (χ1n) is 5.86. The summed E-state index contributed by atoms with van der Waals surface area (Å²) in [4.78, 5) is 0. The van der Waals surface area contributed by atoms with Crippen molar-refractivity contribution in [3.63, 3.8) is 0 Å². The molecule has 0 saturated carbocycles. The minimum atomic E-state index is -0.0461. The van der Waals surface area contributed by atoms with Crippen molar-refractivity contribution < 1.29 is 9.52 Å². The third-order valence-electron chi connectivity index (χ3n) is 2.76. The van der Waals surface area contributed by atoms with Gasteiger partial charge in [0, 0.05) is 10.5 Å². The average Bonchev–Trinajstić information content (AvgIpc) is 2.90. The molecular formula is C14H16BrNO2. The summed E-state index contributed by atoms with van der Waals surface area (Å²) in [6.45, 7) is 2.03. The molecule has 2 atom stereocenters. The van der Waals surface area contributed by atoms with Crippen LogP contribution < -0.4 is 5.32 Å². The second-order valence-corrected chi connectivity index (χ2v) is 5.17. The Kier molecular flexibility index (Phi) is 4.58. The summed E-state index contributed by atoms with van der Waals surface area (Å²) < 4.78 is 6.51. The van der Waals surface area contributed by atoms with Crippen LogP contribution in [0.2, 0.25) is 0 Å². The van der Waals surface area contributed by atoms with Crippen LogP contribution in [-0.2, 0) is 0 Å². The fourth-order valence-electron chi connectivity index (χ4n) is 1.79. The molecule has 0 spiro atoms. The van der Waals surface area contributed by atoms with E-state index in [-0.39, 0.29) is 18.7 Å². The molecule has 1 aromatic carbocycles. The number of furan rings is 1. The zero-order valence-electron chi connectivity index (χ0n) is 10.1. The van der Waals surface area contributed by atoms with Crippen LogP contribution in [0.4, 0.5) is 0 Å². The number of benzene rings is 1. The van der Waals surface area contributed by atoms with Crippen molar-refractivity contribution in [3.8, 4) is 0 Å². The van der Waals surface area contributed by atoms with Crippen LogP contribution in [0.3, 0.4) is 0 Å². The monoisotopic (exact) mass is 309 g/mol. The molecule has 1 heterocycles. The van der Waals surface area contributed by atoms with Gasteiger partial charge < -0.3 is 9.52 Å². The normalized spacial score (nSPS) is 14.4. The molecule has 2 aromatic rings. The van der Waals surface area contributed by atoms with Gasteiger partial charge in [0.05, 0.1) is 18.9 Å². The van der Waals surface area contributed by atoms with Crippen molar-refractivity contribution in [2.75, 3.05) is 6.61 Å². The molecule has 0 saturated heterocycles. The molecule has 2 N–H and O–H groups in total. The summed E-state index contributed by atoms with van der Waals surface area (Å²) in [5.74, 6) is 0.845. The number of nitrogens with one attached hydrogen (secondary N) is 1. The van der Waals surface area contributed by atoms with Gasteiger partial charge in [0.1, 0.15) is 5.76 Å². The van der Waals surface area contributed by atoms with Crippen molar-refractivity contribution in [1.29, 1.82) is 0 Å². The van der Waals surface area contributed by atoms with E-state index in [1.165, 1.54) is 0 Å². The van der Waals surface area contributed by atoms with Crippen LogP contribution >= 0.6 is 15.9 Å². The lowest BCUT2D eigenvalue weighted by Gasteiger charge is -2.21. The third-order valence-corrected chi connectivity index (χ3v) is 3.28. The minimum absolute atomic E-state index is 0.00347. The molecule has 0 aliphatic heterocycles. The smallest absolute Gasteiger partial charge is 0.125 e. The SMILES string of the molecule is C[C@H](CO)NC(c1ccc(Br)cc1)c1ccco1. The Bertz CT molecular complexity index is 467. The quantitative estimate of drug-likeness (QED) is 0.892. The largest absolute Gasteiger partial charge is 0.467 e. The second-order valence-electron chi connectivity index (χ2n) is 4.25. The van der Waals surface area contributed by atoms with Crippen LogP contribution in [0.1, 0.15) is 24.3 Å². The van der Waals surface area contributed by atoms with Gasteiger partial charge in [-0.2, -0.15) is 0 Å². The van der Waals surface area contributed by atoms with E-state index in [2.05, 4.69) is 21.2 Å². The van der Waals surface area contributed by atoms with Crippen molar-refractivity contribution in [3.05, 3.63) is 58.5 Å². The highest BCUT2D eigenvalue weighted by molar-refractivity contribution is 9.10. The summed E-state index contributed by atoms with van der Waals surface area (Å²) in [5, 5.41) is 12.5. The molecule has 0 aliphatic carbocycles. The molecule has 4 heteroatoms. The average molecular weight is 310 g/mol. The van der Waals surface area contributed by atoms with E-state index in [0.29, 0.717) is 0 Å². The Balaban J connectivity index is 2.27. The maximum Gasteiger partial charge on any atom is 0.125 e. The number of rotatable bonds is 5. The van der Waals surface area contributed by atoms with Gasteiger partial charge in [-0.3, -0.25) is 5.32 Å². The van der Waals surface area contributed by atoms with Crippen LogP contribution in [0, 0.1) is 0 Å². The van der Waals surface area contributed by atoms with Gasteiger partial charge in [-0.25, -0.2) is 0 Å². The highest BCUT2D eigenvalue weighted by Gasteiger charge is 2.18. The highest BCUT2D eigenvalue weighted by Crippen LogP contribution is 2.24. The molecule has 0 radical (unpaired) electrons. The summed E-state index contributed by atoms with van der Waals surface area (Å²) >= 11 is 3.42. The summed E-state index contributed by atoms with van der Waals surface area (Å²) in [6.07, 6.45) is 1.66. The Morgan fingerprint density at radius 3 is 2.56 bits per heavy atom. The standard InChI is InChI=1S/C14H16BrNO2/c1-10(9-17)16-14(13-3-2-8-18-13)11-4-6-12(15)7-5-11/h2-8,10,14,16-17H,9H2,1H3/t10-,14?/m1/s1. The predicted molar refractivity (Wildman–Crippen MR) is 74.4 cm³/mol. The zero-order valence-corrected chi connectivity index (χ0v) is 11.7. The third kappa shape index (κ3) is 3.22. The van der Waals surface area contributed by atoms with Crippen LogP contribution in [0.25, 0.3) is 0 Å². The Labute approximate surface area is 115 Å². The topological polar surface area (TPSA) is 45.4 Å². The van der Waals surface area contributed by atoms with E-state index in [0.717, 1.165) is 15.8 Å². The van der Waals surface area contributed by atoms with Crippen LogP contribution in [0.5, 0.6) is 0 Å². The van der Waals surface area contributed by atoms with Crippen molar-refractivity contribution in [2.24, 2.45) is 0 Å². The minimum Gasteiger partial charge on any atom is -0.467 e. The van der Waals surface area contributed by atoms with E-state index in [1.807, 2.05) is 43.3 Å². The summed E-state index contributed by atoms with van der Waals surface area (Å²) in [7, 11) is 0. The van der Waals surface area contributed by atoms with Crippen LogP contribution in [0.15, 0.2) is 51.6 Å². The van der Waals surface area contributed by atoms with E-state index >= 15 is 0 Å². The van der Waals surface area contributed by atoms with Gasteiger partial charge >= 0.3 is 0 Å². The zero-order chi connectivity index (χ0) is 13.0. The fraction of sp³-hybridized carbons (Fsp3) is 0.286. The molecule has 3 nitrogen and oxygen atoms in total. The van der Waals surface area contributed by atoms with Gasteiger partial charge in [-0.05, 0) is 36.8 Å². The Hall–Kier alpha value is -1.10. The van der Waals surface area contributed by atoms with E-state index in [9.17, 15) is 5.11 Å². The molecule has 2 rings (SSSR count). The fourth-order valence-corrected chi connectivity index (χ4v) is 2.05. The lowest BCUT2D eigenvalue weighted by Crippen LogP contribution is -2.33. The highest BCUT2D eigenvalue weighted by atomic mass is 79.9. The number of hydrogen-bond donors (Lipinski definition) is 2. The van der Waals surface area contributed by atoms with Crippen molar-refractivity contribution >= 4 is 15.9 Å². The van der Waals surface area contributed by atoms with Crippen molar-refractivity contribution in [1.82, 2.24) is 5.32 Å². The molecule has 0 fully saturated rings. The van der Waals surface area contributed by atoms with E-state index in [4.69, 9.17) is 4.42 Å². The molecule has 96 valence electrons. The Morgan fingerprint density at radius 1 is 1.28 bits per heavy atom.